The molecule has 0 radical (unpaired) electrons. The highest BCUT2D eigenvalue weighted by Gasteiger charge is 2.58. The molecule has 0 heterocycles. The third-order valence-corrected chi connectivity index (χ3v) is 10.8. The maximum absolute atomic E-state index is 10.2. The van der Waals surface area contributed by atoms with Crippen molar-refractivity contribution in [3.8, 4) is 0 Å². The van der Waals surface area contributed by atoms with Crippen LogP contribution in [0.4, 0.5) is 0 Å². The Kier molecular flexibility index (Phi) is 6.35. The van der Waals surface area contributed by atoms with Gasteiger partial charge in [0.1, 0.15) is 0 Å². The molecule has 0 amide bonds. The van der Waals surface area contributed by atoms with Crippen LogP contribution in [0.15, 0.2) is 23.8 Å². The summed E-state index contributed by atoms with van der Waals surface area (Å²) in [5.74, 6) is 5.70. The zero-order valence-corrected chi connectivity index (χ0v) is 20.7. The van der Waals surface area contributed by atoms with E-state index in [1.807, 2.05) is 0 Å². The van der Waals surface area contributed by atoms with Crippen LogP contribution in [0.3, 0.4) is 0 Å². The van der Waals surface area contributed by atoms with E-state index in [9.17, 15) is 5.11 Å². The van der Waals surface area contributed by atoms with Crippen molar-refractivity contribution in [2.75, 3.05) is 0 Å². The standard InChI is InChI=1S/C29H48O/c1-7-21(19(2)3)9-8-20(4)25-12-13-26-24-11-10-22-18-23(30)14-16-28(22,5)27(24)15-17-29(25,26)6/h8-10,19-21,23-27,30H,7,11-18H2,1-6H3/b9-8+/t20?,21?,23-,24-,25?,26-,27-,28-,29+/m0/s1. The molecule has 1 nitrogen and oxygen atoms in total. The van der Waals surface area contributed by atoms with Crippen LogP contribution >= 0.6 is 0 Å². The maximum atomic E-state index is 10.2. The summed E-state index contributed by atoms with van der Waals surface area (Å²) in [7, 11) is 0. The van der Waals surface area contributed by atoms with Crippen molar-refractivity contribution in [1.29, 1.82) is 0 Å². The highest BCUT2D eigenvalue weighted by Crippen LogP contribution is 2.67. The summed E-state index contributed by atoms with van der Waals surface area (Å²) in [6.07, 6.45) is 19.1. The Labute approximate surface area is 186 Å². The fraction of sp³-hybridized carbons (Fsp3) is 0.862. The molecule has 1 N–H and O–H groups in total. The van der Waals surface area contributed by atoms with E-state index in [0.29, 0.717) is 16.7 Å². The summed E-state index contributed by atoms with van der Waals surface area (Å²) >= 11 is 0. The smallest absolute Gasteiger partial charge is 0.0577 e. The van der Waals surface area contributed by atoms with Gasteiger partial charge in [-0.1, -0.05) is 65.3 Å². The molecule has 3 fully saturated rings. The van der Waals surface area contributed by atoms with Crippen LogP contribution in [-0.2, 0) is 0 Å². The lowest BCUT2D eigenvalue weighted by atomic mass is 9.47. The molecule has 30 heavy (non-hydrogen) atoms. The SMILES string of the molecule is CCC(/C=C/C(C)C1CC[C@H]2[C@@H]3CC=C4C[C@@H](O)CC[C@]4(C)[C@H]3CC[C@]12C)C(C)C. The Hall–Kier alpha value is -0.560. The molecule has 0 aromatic heterocycles. The molecule has 4 rings (SSSR count). The Morgan fingerprint density at radius 1 is 1.03 bits per heavy atom. The number of rotatable bonds is 5. The third-order valence-electron chi connectivity index (χ3n) is 10.8. The minimum absolute atomic E-state index is 0.0870. The fourth-order valence-corrected chi connectivity index (χ4v) is 8.83. The van der Waals surface area contributed by atoms with E-state index >= 15 is 0 Å². The van der Waals surface area contributed by atoms with Crippen LogP contribution in [0.5, 0.6) is 0 Å². The van der Waals surface area contributed by atoms with Gasteiger partial charge in [-0.15, -0.1) is 0 Å². The molecular weight excluding hydrogens is 364 g/mol. The predicted octanol–water partition coefficient (Wildman–Crippen LogP) is 7.80. The van der Waals surface area contributed by atoms with Gasteiger partial charge in [0, 0.05) is 0 Å². The zero-order chi connectivity index (χ0) is 21.7. The average molecular weight is 413 g/mol. The lowest BCUT2D eigenvalue weighted by Crippen LogP contribution is -2.50. The number of hydrogen-bond donors (Lipinski definition) is 1. The van der Waals surface area contributed by atoms with Gasteiger partial charge in [0.05, 0.1) is 6.10 Å². The molecule has 4 aliphatic carbocycles. The minimum atomic E-state index is -0.0870. The van der Waals surface area contributed by atoms with E-state index in [-0.39, 0.29) is 6.10 Å². The molecule has 3 unspecified atom stereocenters. The summed E-state index contributed by atoms with van der Waals surface area (Å²) in [6.45, 7) is 14.8. The molecule has 3 saturated carbocycles. The van der Waals surface area contributed by atoms with E-state index in [2.05, 4.69) is 59.8 Å². The van der Waals surface area contributed by atoms with Gasteiger partial charge in [-0.2, -0.15) is 0 Å². The first kappa shape index (κ1) is 22.6. The molecule has 0 aromatic carbocycles. The first-order valence-corrected chi connectivity index (χ1v) is 13.3. The van der Waals surface area contributed by atoms with Gasteiger partial charge in [-0.3, -0.25) is 0 Å². The molecular formula is C29H48O. The second kappa shape index (κ2) is 8.42. The first-order valence-electron chi connectivity index (χ1n) is 13.3. The van der Waals surface area contributed by atoms with E-state index in [1.165, 1.54) is 44.9 Å². The molecule has 0 aromatic rings. The van der Waals surface area contributed by atoms with Crippen LogP contribution < -0.4 is 0 Å². The number of fused-ring (bicyclic) bond motifs is 5. The second-order valence-electron chi connectivity index (χ2n) is 12.4. The van der Waals surface area contributed by atoms with Crippen molar-refractivity contribution < 1.29 is 5.11 Å². The number of hydrogen-bond acceptors (Lipinski definition) is 1. The summed E-state index contributed by atoms with van der Waals surface area (Å²) in [5.41, 5.74) is 2.51. The van der Waals surface area contributed by atoms with Crippen LogP contribution in [0.25, 0.3) is 0 Å². The van der Waals surface area contributed by atoms with E-state index in [4.69, 9.17) is 0 Å². The van der Waals surface area contributed by atoms with Crippen LogP contribution in [0, 0.1) is 52.3 Å². The van der Waals surface area contributed by atoms with Crippen molar-refractivity contribution in [3.05, 3.63) is 23.8 Å². The van der Waals surface area contributed by atoms with Gasteiger partial charge >= 0.3 is 0 Å². The molecule has 0 spiro atoms. The number of aliphatic hydroxyl groups is 1. The van der Waals surface area contributed by atoms with Crippen molar-refractivity contribution in [2.45, 2.75) is 105 Å². The van der Waals surface area contributed by atoms with Gasteiger partial charge in [0.25, 0.3) is 0 Å². The normalized spacial score (nSPS) is 45.6. The van der Waals surface area contributed by atoms with E-state index in [0.717, 1.165) is 48.3 Å². The minimum Gasteiger partial charge on any atom is -0.393 e. The molecule has 1 heteroatoms. The van der Waals surface area contributed by atoms with Crippen LogP contribution in [0.1, 0.15) is 99.3 Å². The molecule has 9 atom stereocenters. The Morgan fingerprint density at radius 2 is 1.80 bits per heavy atom. The lowest BCUT2D eigenvalue weighted by Gasteiger charge is -2.58. The second-order valence-corrected chi connectivity index (χ2v) is 12.4. The maximum Gasteiger partial charge on any atom is 0.0577 e. The van der Waals surface area contributed by atoms with Crippen molar-refractivity contribution in [3.63, 3.8) is 0 Å². The predicted molar refractivity (Wildman–Crippen MR) is 128 cm³/mol. The lowest BCUT2D eigenvalue weighted by molar-refractivity contribution is -0.0540. The molecule has 0 saturated heterocycles. The summed E-state index contributed by atoms with van der Waals surface area (Å²) < 4.78 is 0. The summed E-state index contributed by atoms with van der Waals surface area (Å²) in [6, 6.07) is 0. The Morgan fingerprint density at radius 3 is 2.50 bits per heavy atom. The zero-order valence-electron chi connectivity index (χ0n) is 20.7. The first-order chi connectivity index (χ1) is 14.2. The highest BCUT2D eigenvalue weighted by molar-refractivity contribution is 5.25. The van der Waals surface area contributed by atoms with Crippen molar-refractivity contribution in [2.24, 2.45) is 52.3 Å². The molecule has 170 valence electrons. The summed E-state index contributed by atoms with van der Waals surface area (Å²) in [4.78, 5) is 0. The fourth-order valence-electron chi connectivity index (χ4n) is 8.83. The summed E-state index contributed by atoms with van der Waals surface area (Å²) in [5, 5.41) is 10.2. The topological polar surface area (TPSA) is 20.2 Å². The third kappa shape index (κ3) is 3.66. The largest absolute Gasteiger partial charge is 0.393 e. The van der Waals surface area contributed by atoms with Crippen molar-refractivity contribution in [1.82, 2.24) is 0 Å². The molecule has 4 aliphatic rings. The highest BCUT2D eigenvalue weighted by atomic mass is 16.3. The molecule has 0 bridgehead atoms. The Bertz CT molecular complexity index is 674. The monoisotopic (exact) mass is 412 g/mol. The van der Waals surface area contributed by atoms with E-state index in [1.54, 1.807) is 5.57 Å². The van der Waals surface area contributed by atoms with Gasteiger partial charge in [-0.05, 0) is 110 Å². The quantitative estimate of drug-likeness (QED) is 0.457. The van der Waals surface area contributed by atoms with E-state index < -0.39 is 0 Å². The van der Waals surface area contributed by atoms with Gasteiger partial charge in [0.15, 0.2) is 0 Å². The van der Waals surface area contributed by atoms with Crippen LogP contribution in [0.2, 0.25) is 0 Å². The Balaban J connectivity index is 1.52. The van der Waals surface area contributed by atoms with Crippen LogP contribution in [-0.4, -0.2) is 11.2 Å². The van der Waals surface area contributed by atoms with Gasteiger partial charge in [0.2, 0.25) is 0 Å². The number of aliphatic hydroxyl groups excluding tert-OH is 1. The average Bonchev–Trinajstić information content (AvgIpc) is 3.06. The van der Waals surface area contributed by atoms with Crippen molar-refractivity contribution >= 4 is 0 Å². The number of allylic oxidation sites excluding steroid dienone is 3. The van der Waals surface area contributed by atoms with Gasteiger partial charge in [-0.25, -0.2) is 0 Å². The molecule has 0 aliphatic heterocycles. The van der Waals surface area contributed by atoms with Gasteiger partial charge < -0.3 is 5.11 Å².